The lowest BCUT2D eigenvalue weighted by Crippen LogP contribution is -2.47. The van der Waals surface area contributed by atoms with Crippen LogP contribution in [-0.2, 0) is 4.79 Å². The summed E-state index contributed by atoms with van der Waals surface area (Å²) in [7, 11) is 0. The molecule has 0 aromatic rings. The molecule has 0 aromatic carbocycles. The zero-order chi connectivity index (χ0) is 13.7. The van der Waals surface area contributed by atoms with Crippen molar-refractivity contribution in [1.29, 1.82) is 0 Å². The molecule has 102 valence electrons. The first-order valence-corrected chi connectivity index (χ1v) is 6.53. The summed E-state index contributed by atoms with van der Waals surface area (Å²) in [5.41, 5.74) is 0.262. The average Bonchev–Trinajstić information content (AvgIpc) is 2.07. The zero-order valence-electron chi connectivity index (χ0n) is 12.6. The molecule has 3 nitrogen and oxygen atoms in total. The van der Waals surface area contributed by atoms with Gasteiger partial charge in [-0.25, -0.2) is 0 Å². The fourth-order valence-corrected chi connectivity index (χ4v) is 2.09. The molecule has 0 bridgehead atoms. The minimum Gasteiger partial charge on any atom is -0.355 e. The molecule has 1 amide bonds. The zero-order valence-corrected chi connectivity index (χ0v) is 12.6. The van der Waals surface area contributed by atoms with E-state index in [-0.39, 0.29) is 16.9 Å². The van der Waals surface area contributed by atoms with Crippen LogP contribution in [-0.4, -0.2) is 24.5 Å². The Hall–Kier alpha value is -0.570. The molecule has 0 unspecified atom stereocenters. The third-order valence-electron chi connectivity index (χ3n) is 2.41. The third-order valence-corrected chi connectivity index (χ3v) is 2.41. The van der Waals surface area contributed by atoms with E-state index in [9.17, 15) is 4.79 Å². The van der Waals surface area contributed by atoms with E-state index < -0.39 is 0 Å². The number of nitrogens with one attached hydrogen (secondary N) is 2. The molecule has 0 rings (SSSR count). The maximum Gasteiger partial charge on any atom is 0.233 e. The lowest BCUT2D eigenvalue weighted by Gasteiger charge is -2.33. The van der Waals surface area contributed by atoms with Crippen LogP contribution in [0.1, 0.15) is 54.9 Å². The second kappa shape index (κ2) is 6.39. The minimum absolute atomic E-state index is 0.00653. The van der Waals surface area contributed by atoms with Crippen LogP contribution in [0.5, 0.6) is 0 Å². The fourth-order valence-electron chi connectivity index (χ4n) is 2.09. The van der Waals surface area contributed by atoms with Gasteiger partial charge in [-0.3, -0.25) is 4.79 Å². The second-order valence-electron chi connectivity index (χ2n) is 7.17. The van der Waals surface area contributed by atoms with Crippen molar-refractivity contribution in [3.63, 3.8) is 0 Å². The lowest BCUT2D eigenvalue weighted by atomic mass is 9.82. The Morgan fingerprint density at radius 2 is 1.65 bits per heavy atom. The van der Waals surface area contributed by atoms with Crippen LogP contribution in [0.2, 0.25) is 0 Å². The van der Waals surface area contributed by atoms with Gasteiger partial charge in [0.15, 0.2) is 0 Å². The van der Waals surface area contributed by atoms with Crippen LogP contribution in [0.3, 0.4) is 0 Å². The molecule has 0 saturated heterocycles. The van der Waals surface area contributed by atoms with Gasteiger partial charge in [-0.1, -0.05) is 34.6 Å². The monoisotopic (exact) mass is 242 g/mol. The van der Waals surface area contributed by atoms with Gasteiger partial charge in [0.1, 0.15) is 0 Å². The Kier molecular flexibility index (Phi) is 6.17. The van der Waals surface area contributed by atoms with E-state index in [4.69, 9.17) is 0 Å². The molecule has 17 heavy (non-hydrogen) atoms. The van der Waals surface area contributed by atoms with E-state index in [0.717, 1.165) is 13.0 Å². The van der Waals surface area contributed by atoms with Gasteiger partial charge in [-0.2, -0.15) is 0 Å². The quantitative estimate of drug-likeness (QED) is 0.751. The van der Waals surface area contributed by atoms with Crippen LogP contribution >= 0.6 is 0 Å². The number of carbonyl (C=O) groups is 1. The molecule has 0 saturated carbocycles. The van der Waals surface area contributed by atoms with E-state index in [1.54, 1.807) is 0 Å². The average molecular weight is 242 g/mol. The first-order valence-electron chi connectivity index (χ1n) is 6.53. The molecule has 2 N–H and O–H groups in total. The summed E-state index contributed by atoms with van der Waals surface area (Å²) in [6, 6.07) is 0. The number of amides is 1. The van der Waals surface area contributed by atoms with Crippen LogP contribution < -0.4 is 10.6 Å². The van der Waals surface area contributed by atoms with Crippen molar-refractivity contribution in [3.8, 4) is 0 Å². The van der Waals surface area contributed by atoms with Crippen molar-refractivity contribution in [2.45, 2.75) is 60.4 Å². The molecule has 0 radical (unpaired) electrons. The summed E-state index contributed by atoms with van der Waals surface area (Å²) < 4.78 is 0. The van der Waals surface area contributed by atoms with Crippen LogP contribution in [0, 0.1) is 11.3 Å². The Labute approximate surface area is 107 Å². The number of carbonyl (C=O) groups excluding carboxylic acids is 1. The number of hydrogen-bond donors (Lipinski definition) is 2. The van der Waals surface area contributed by atoms with Gasteiger partial charge in [0.05, 0.1) is 6.54 Å². The highest BCUT2D eigenvalue weighted by Gasteiger charge is 2.25. The molecule has 0 aliphatic rings. The Morgan fingerprint density at radius 3 is 2.06 bits per heavy atom. The summed E-state index contributed by atoms with van der Waals surface area (Å²) in [5.74, 6) is 0.585. The summed E-state index contributed by atoms with van der Waals surface area (Å²) in [6.45, 7) is 16.3. The predicted octanol–water partition coefficient (Wildman–Crippen LogP) is 2.56. The van der Waals surface area contributed by atoms with Crippen molar-refractivity contribution >= 4 is 5.91 Å². The normalized spacial score (nSPS) is 12.9. The third kappa shape index (κ3) is 10.3. The van der Waals surface area contributed by atoms with Gasteiger partial charge < -0.3 is 10.6 Å². The van der Waals surface area contributed by atoms with E-state index in [1.165, 1.54) is 0 Å². The molecular formula is C14H30N2O. The largest absolute Gasteiger partial charge is 0.355 e. The van der Waals surface area contributed by atoms with Crippen molar-refractivity contribution in [1.82, 2.24) is 10.6 Å². The fraction of sp³-hybridized carbons (Fsp3) is 0.929. The second-order valence-corrected chi connectivity index (χ2v) is 7.17. The van der Waals surface area contributed by atoms with Crippen molar-refractivity contribution in [3.05, 3.63) is 0 Å². The minimum atomic E-state index is -0.00653. The molecule has 3 heteroatoms. The molecule has 0 aromatic heterocycles. The lowest BCUT2D eigenvalue weighted by molar-refractivity contribution is -0.120. The van der Waals surface area contributed by atoms with E-state index >= 15 is 0 Å². The van der Waals surface area contributed by atoms with Crippen molar-refractivity contribution in [2.24, 2.45) is 11.3 Å². The first kappa shape index (κ1) is 16.4. The van der Waals surface area contributed by atoms with Crippen molar-refractivity contribution in [2.75, 3.05) is 13.1 Å². The summed E-state index contributed by atoms with van der Waals surface area (Å²) in [6.07, 6.45) is 1.04. The molecule has 0 aliphatic carbocycles. The van der Waals surface area contributed by atoms with Gasteiger partial charge in [0, 0.05) is 12.1 Å². The molecule has 0 fully saturated rings. The highest BCUT2D eigenvalue weighted by atomic mass is 16.1. The maximum atomic E-state index is 11.6. The van der Waals surface area contributed by atoms with Crippen LogP contribution in [0.4, 0.5) is 0 Å². The summed E-state index contributed by atoms with van der Waals surface area (Å²) in [5, 5.41) is 6.24. The van der Waals surface area contributed by atoms with Gasteiger partial charge >= 0.3 is 0 Å². The molecule has 0 aliphatic heterocycles. The maximum absolute atomic E-state index is 11.6. The van der Waals surface area contributed by atoms with E-state index in [2.05, 4.69) is 59.1 Å². The standard InChI is InChI=1S/C14H30N2O/c1-11(2)8-15-12(17)9-16-14(6,7)10-13(3,4)5/h11,16H,8-10H2,1-7H3,(H,15,17). The van der Waals surface area contributed by atoms with Crippen molar-refractivity contribution < 1.29 is 4.79 Å². The highest BCUT2D eigenvalue weighted by molar-refractivity contribution is 5.78. The van der Waals surface area contributed by atoms with Crippen LogP contribution in [0.15, 0.2) is 0 Å². The first-order chi connectivity index (χ1) is 7.52. The summed E-state index contributed by atoms with van der Waals surface area (Å²) >= 11 is 0. The molecular weight excluding hydrogens is 212 g/mol. The Balaban J connectivity index is 3.97. The van der Waals surface area contributed by atoms with Gasteiger partial charge in [0.25, 0.3) is 0 Å². The highest BCUT2D eigenvalue weighted by Crippen LogP contribution is 2.26. The Bertz CT molecular complexity index is 239. The summed E-state index contributed by atoms with van der Waals surface area (Å²) in [4.78, 5) is 11.6. The van der Waals surface area contributed by atoms with E-state index in [0.29, 0.717) is 12.5 Å². The van der Waals surface area contributed by atoms with Gasteiger partial charge in [-0.05, 0) is 31.6 Å². The van der Waals surface area contributed by atoms with Gasteiger partial charge in [-0.15, -0.1) is 0 Å². The molecule has 0 heterocycles. The van der Waals surface area contributed by atoms with E-state index in [1.807, 2.05) is 0 Å². The predicted molar refractivity (Wildman–Crippen MR) is 74.0 cm³/mol. The van der Waals surface area contributed by atoms with Gasteiger partial charge in [0.2, 0.25) is 5.91 Å². The number of hydrogen-bond acceptors (Lipinski definition) is 2. The smallest absolute Gasteiger partial charge is 0.233 e. The Morgan fingerprint density at radius 1 is 1.12 bits per heavy atom. The molecule has 0 atom stereocenters. The topological polar surface area (TPSA) is 41.1 Å². The van der Waals surface area contributed by atoms with Crippen LogP contribution in [0.25, 0.3) is 0 Å². The molecule has 0 spiro atoms. The number of rotatable bonds is 6. The SMILES string of the molecule is CC(C)CNC(=O)CNC(C)(C)CC(C)(C)C.